The summed E-state index contributed by atoms with van der Waals surface area (Å²) in [5, 5.41) is 0.824. The lowest BCUT2D eigenvalue weighted by Gasteiger charge is -2.40. The number of hydrogen-bond donors (Lipinski definition) is 0. The highest BCUT2D eigenvalue weighted by Crippen LogP contribution is 2.40. The molecule has 3 aromatic rings. The molecule has 4 heterocycles. The maximum Gasteiger partial charge on any atom is 0.410 e. The molecule has 2 saturated heterocycles. The first-order valence-electron chi connectivity index (χ1n) is 13.8. The number of hydrogen-bond acceptors (Lipinski definition) is 6. The Bertz CT molecular complexity index is 1440. The SMILES string of the molecule is C=CCC1CC(n2cnc3c(OC[C@@H]4CCCN4C)nc4c(F)c(Br)c(Cl)cc4c32)CCN1C(=O)OC(C)(C)C. The standard InChI is InChI=1S/C29H36BrClFN5O3/c1-6-8-17-13-18(10-12-36(17)28(38)40-29(2,3)4)37-16-33-25-26(37)20-14-21(31)22(30)23(32)24(20)34-27(25)39-15-19-9-7-11-35(19)5/h6,14,16-19H,1,7-13,15H2,2-5H3/t17?,18?,19-/m0/s1. The molecule has 0 N–H and O–H groups in total. The number of aromatic nitrogens is 3. The van der Waals surface area contributed by atoms with Crippen LogP contribution >= 0.6 is 27.5 Å². The lowest BCUT2D eigenvalue weighted by molar-refractivity contribution is 0.00596. The van der Waals surface area contributed by atoms with Crippen molar-refractivity contribution in [2.75, 3.05) is 26.7 Å². The van der Waals surface area contributed by atoms with Crippen LogP contribution in [0.2, 0.25) is 5.02 Å². The second-order valence-electron chi connectivity index (χ2n) is 11.8. The molecule has 2 aliphatic heterocycles. The highest BCUT2D eigenvalue weighted by atomic mass is 79.9. The van der Waals surface area contributed by atoms with Gasteiger partial charge in [-0.1, -0.05) is 17.7 Å². The first-order valence-corrected chi connectivity index (χ1v) is 14.9. The molecule has 5 rings (SSSR count). The number of carbonyl (C=O) groups excluding carboxylic acids is 1. The molecule has 3 atom stereocenters. The second-order valence-corrected chi connectivity index (χ2v) is 13.0. The first kappa shape index (κ1) is 29.1. The quantitative estimate of drug-likeness (QED) is 0.212. The van der Waals surface area contributed by atoms with E-state index in [1.807, 2.05) is 26.8 Å². The van der Waals surface area contributed by atoms with Gasteiger partial charge in [0, 0.05) is 30.1 Å². The Balaban J connectivity index is 1.54. The molecule has 2 unspecified atom stereocenters. The molecular formula is C29H36BrClFN5O3. The van der Waals surface area contributed by atoms with E-state index in [0.717, 1.165) is 24.9 Å². The van der Waals surface area contributed by atoms with E-state index in [2.05, 4.69) is 44.0 Å². The number of likely N-dealkylation sites (tertiary alicyclic amines) is 2. The van der Waals surface area contributed by atoms with Gasteiger partial charge in [0.25, 0.3) is 0 Å². The smallest absolute Gasteiger partial charge is 0.410 e. The van der Waals surface area contributed by atoms with Gasteiger partial charge in [0.2, 0.25) is 5.88 Å². The fraction of sp³-hybridized carbons (Fsp3) is 0.552. The van der Waals surface area contributed by atoms with Crippen LogP contribution in [0, 0.1) is 5.82 Å². The van der Waals surface area contributed by atoms with Gasteiger partial charge in [0.1, 0.15) is 17.7 Å². The van der Waals surface area contributed by atoms with Crippen molar-refractivity contribution in [1.29, 1.82) is 0 Å². The summed E-state index contributed by atoms with van der Waals surface area (Å²) in [6, 6.07) is 1.90. The van der Waals surface area contributed by atoms with E-state index in [4.69, 9.17) is 26.1 Å². The predicted molar refractivity (Wildman–Crippen MR) is 159 cm³/mol. The van der Waals surface area contributed by atoms with Gasteiger partial charge in [-0.15, -0.1) is 6.58 Å². The van der Waals surface area contributed by atoms with Crippen molar-refractivity contribution in [1.82, 2.24) is 24.3 Å². The van der Waals surface area contributed by atoms with Crippen molar-refractivity contribution in [2.24, 2.45) is 0 Å². The van der Waals surface area contributed by atoms with Crippen LogP contribution in [0.4, 0.5) is 9.18 Å². The normalized spacial score (nSPS) is 22.3. The van der Waals surface area contributed by atoms with Crippen molar-refractivity contribution >= 4 is 55.6 Å². The van der Waals surface area contributed by atoms with Gasteiger partial charge in [-0.05, 0) is 88.5 Å². The number of piperidine rings is 1. The number of carbonyl (C=O) groups is 1. The van der Waals surface area contributed by atoms with Gasteiger partial charge in [0.15, 0.2) is 11.3 Å². The van der Waals surface area contributed by atoms with Gasteiger partial charge < -0.3 is 23.8 Å². The van der Waals surface area contributed by atoms with Crippen LogP contribution < -0.4 is 4.74 Å². The van der Waals surface area contributed by atoms with Crippen molar-refractivity contribution in [3.8, 4) is 5.88 Å². The molecular weight excluding hydrogens is 601 g/mol. The Labute approximate surface area is 247 Å². The van der Waals surface area contributed by atoms with E-state index in [9.17, 15) is 4.79 Å². The highest BCUT2D eigenvalue weighted by Gasteiger charge is 2.35. The van der Waals surface area contributed by atoms with Crippen molar-refractivity contribution in [2.45, 2.75) is 76.6 Å². The van der Waals surface area contributed by atoms with Gasteiger partial charge in [-0.25, -0.2) is 19.2 Å². The minimum Gasteiger partial charge on any atom is -0.474 e. The Morgan fingerprint density at radius 3 is 2.73 bits per heavy atom. The number of pyridine rings is 1. The number of benzene rings is 1. The predicted octanol–water partition coefficient (Wildman–Crippen LogP) is 7.13. The number of likely N-dealkylation sites (N-methyl/N-ethyl adjacent to an activating group) is 1. The van der Waals surface area contributed by atoms with E-state index in [1.165, 1.54) is 0 Å². The Kier molecular flexibility index (Phi) is 8.32. The molecule has 1 aromatic carbocycles. The number of fused-ring (bicyclic) bond motifs is 3. The summed E-state index contributed by atoms with van der Waals surface area (Å²) in [6.07, 6.45) is 7.40. The van der Waals surface area contributed by atoms with Crippen LogP contribution in [0.3, 0.4) is 0 Å². The number of imidazole rings is 1. The number of ether oxygens (including phenoxy) is 2. The average Bonchev–Trinajstić information content (AvgIpc) is 3.52. The summed E-state index contributed by atoms with van der Waals surface area (Å²) in [7, 11) is 2.08. The minimum absolute atomic E-state index is 0.00136. The maximum absolute atomic E-state index is 15.5. The molecule has 2 fully saturated rings. The first-order chi connectivity index (χ1) is 19.0. The monoisotopic (exact) mass is 635 g/mol. The zero-order valence-electron chi connectivity index (χ0n) is 23.4. The molecule has 11 heteroatoms. The summed E-state index contributed by atoms with van der Waals surface area (Å²) in [5.41, 5.74) is 0.886. The summed E-state index contributed by atoms with van der Waals surface area (Å²) in [6.45, 7) is 11.5. The third-order valence-electron chi connectivity index (χ3n) is 7.83. The Hall–Kier alpha value is -2.43. The zero-order valence-corrected chi connectivity index (χ0v) is 25.8. The topological polar surface area (TPSA) is 72.7 Å². The van der Waals surface area contributed by atoms with Crippen LogP contribution in [-0.2, 0) is 4.74 Å². The molecule has 0 bridgehead atoms. The number of halogens is 3. The van der Waals surface area contributed by atoms with Crippen LogP contribution in [0.15, 0.2) is 29.5 Å². The molecule has 0 saturated carbocycles. The largest absolute Gasteiger partial charge is 0.474 e. The van der Waals surface area contributed by atoms with E-state index >= 15 is 4.39 Å². The van der Waals surface area contributed by atoms with E-state index < -0.39 is 11.4 Å². The minimum atomic E-state index is -0.583. The summed E-state index contributed by atoms with van der Waals surface area (Å²) in [4.78, 5) is 26.4. The van der Waals surface area contributed by atoms with Gasteiger partial charge >= 0.3 is 6.09 Å². The summed E-state index contributed by atoms with van der Waals surface area (Å²) in [5.74, 6) is -0.229. The van der Waals surface area contributed by atoms with E-state index in [0.29, 0.717) is 49.2 Å². The maximum atomic E-state index is 15.5. The Morgan fingerprint density at radius 1 is 1.27 bits per heavy atom. The molecule has 0 aliphatic carbocycles. The third-order valence-corrected chi connectivity index (χ3v) is 9.14. The molecule has 216 valence electrons. The van der Waals surface area contributed by atoms with Gasteiger partial charge in [-0.3, -0.25) is 0 Å². The third kappa shape index (κ3) is 5.67. The van der Waals surface area contributed by atoms with Crippen LogP contribution in [0.1, 0.15) is 58.9 Å². The molecule has 8 nitrogen and oxygen atoms in total. The summed E-state index contributed by atoms with van der Waals surface area (Å²) < 4.78 is 29.7. The van der Waals surface area contributed by atoms with Crippen molar-refractivity contribution in [3.63, 3.8) is 0 Å². The molecule has 0 radical (unpaired) electrons. The number of rotatable bonds is 6. The highest BCUT2D eigenvalue weighted by molar-refractivity contribution is 9.10. The summed E-state index contributed by atoms with van der Waals surface area (Å²) >= 11 is 9.69. The zero-order chi connectivity index (χ0) is 28.8. The van der Waals surface area contributed by atoms with Crippen LogP contribution in [0.5, 0.6) is 5.88 Å². The van der Waals surface area contributed by atoms with Gasteiger partial charge in [0.05, 0.1) is 21.3 Å². The number of nitrogens with zero attached hydrogens (tertiary/aromatic N) is 5. The molecule has 1 amide bonds. The van der Waals surface area contributed by atoms with Gasteiger partial charge in [-0.2, -0.15) is 0 Å². The fourth-order valence-electron chi connectivity index (χ4n) is 5.82. The van der Waals surface area contributed by atoms with Crippen molar-refractivity contribution in [3.05, 3.63) is 40.4 Å². The Morgan fingerprint density at radius 2 is 2.05 bits per heavy atom. The van der Waals surface area contributed by atoms with Crippen molar-refractivity contribution < 1.29 is 18.7 Å². The number of amides is 1. The fourth-order valence-corrected chi connectivity index (χ4v) is 6.31. The van der Waals surface area contributed by atoms with Crippen LogP contribution in [0.25, 0.3) is 21.9 Å². The molecule has 2 aliphatic rings. The lowest BCUT2D eigenvalue weighted by atomic mass is 9.94. The lowest BCUT2D eigenvalue weighted by Crippen LogP contribution is -2.48. The van der Waals surface area contributed by atoms with E-state index in [-0.39, 0.29) is 39.2 Å². The molecule has 0 spiro atoms. The average molecular weight is 637 g/mol. The second kappa shape index (κ2) is 11.4. The van der Waals surface area contributed by atoms with Crippen LogP contribution in [-0.4, -0.2) is 74.9 Å². The molecule has 2 aromatic heterocycles. The molecule has 40 heavy (non-hydrogen) atoms. The van der Waals surface area contributed by atoms with E-state index in [1.54, 1.807) is 17.3 Å².